The highest BCUT2D eigenvalue weighted by atomic mass is 32.2. The van der Waals surface area contributed by atoms with Crippen LogP contribution in [0.1, 0.15) is 24.0 Å². The van der Waals surface area contributed by atoms with Gasteiger partial charge in [-0.1, -0.05) is 29.8 Å². The van der Waals surface area contributed by atoms with Crippen molar-refractivity contribution in [3.8, 4) is 0 Å². The molecule has 0 spiro atoms. The number of thioether (sulfide) groups is 1. The standard InChI is InChI=1S/C14H21NO2S/c1-11-5-3-6-12(9-11)14(10-15,13(16)17)7-4-8-18-2/h3,5-6,9H,4,7-8,10,15H2,1-2H3,(H,16,17). The maximum absolute atomic E-state index is 11.7. The molecule has 0 bridgehead atoms. The van der Waals surface area contributed by atoms with Gasteiger partial charge in [-0.2, -0.15) is 11.8 Å². The molecular formula is C14H21NO2S. The number of carbonyl (C=O) groups is 1. The van der Waals surface area contributed by atoms with Gasteiger partial charge in [0.2, 0.25) is 0 Å². The maximum Gasteiger partial charge on any atom is 0.315 e. The van der Waals surface area contributed by atoms with Gasteiger partial charge in [-0.05, 0) is 37.3 Å². The van der Waals surface area contributed by atoms with Crippen LogP contribution in [0.15, 0.2) is 24.3 Å². The number of rotatable bonds is 7. The molecule has 1 unspecified atom stereocenters. The Morgan fingerprint density at radius 3 is 2.72 bits per heavy atom. The number of aliphatic carboxylic acids is 1. The summed E-state index contributed by atoms with van der Waals surface area (Å²) < 4.78 is 0. The van der Waals surface area contributed by atoms with Gasteiger partial charge in [-0.3, -0.25) is 4.79 Å². The molecule has 0 aliphatic carbocycles. The molecule has 3 nitrogen and oxygen atoms in total. The summed E-state index contributed by atoms with van der Waals surface area (Å²) in [5.74, 6) is 0.137. The summed E-state index contributed by atoms with van der Waals surface area (Å²) in [6.45, 7) is 2.11. The van der Waals surface area contributed by atoms with Gasteiger partial charge in [-0.15, -0.1) is 0 Å². The fourth-order valence-electron chi connectivity index (χ4n) is 2.14. The van der Waals surface area contributed by atoms with Gasteiger partial charge in [0.25, 0.3) is 0 Å². The van der Waals surface area contributed by atoms with Crippen LogP contribution in [0, 0.1) is 6.92 Å². The average molecular weight is 267 g/mol. The first-order valence-electron chi connectivity index (χ1n) is 6.06. The molecule has 0 amide bonds. The first kappa shape index (κ1) is 15.1. The van der Waals surface area contributed by atoms with Gasteiger partial charge in [-0.25, -0.2) is 0 Å². The number of carboxylic acids is 1. The molecule has 1 atom stereocenters. The minimum Gasteiger partial charge on any atom is -0.481 e. The quantitative estimate of drug-likeness (QED) is 0.745. The number of hydrogen-bond donors (Lipinski definition) is 2. The van der Waals surface area contributed by atoms with Crippen molar-refractivity contribution in [1.82, 2.24) is 0 Å². The van der Waals surface area contributed by atoms with Crippen LogP contribution in [0.2, 0.25) is 0 Å². The van der Waals surface area contributed by atoms with Crippen LogP contribution in [-0.2, 0) is 10.2 Å². The van der Waals surface area contributed by atoms with Crippen molar-refractivity contribution < 1.29 is 9.90 Å². The van der Waals surface area contributed by atoms with E-state index in [-0.39, 0.29) is 6.54 Å². The smallest absolute Gasteiger partial charge is 0.315 e. The zero-order valence-electron chi connectivity index (χ0n) is 11.0. The molecule has 0 radical (unpaired) electrons. The third-order valence-corrected chi connectivity index (χ3v) is 3.98. The second-order valence-electron chi connectivity index (χ2n) is 4.56. The summed E-state index contributed by atoms with van der Waals surface area (Å²) >= 11 is 1.73. The Bertz CT molecular complexity index is 409. The lowest BCUT2D eigenvalue weighted by molar-refractivity contribution is -0.143. The first-order chi connectivity index (χ1) is 8.56. The van der Waals surface area contributed by atoms with Crippen LogP contribution in [0.3, 0.4) is 0 Å². The number of nitrogens with two attached hydrogens (primary N) is 1. The molecule has 1 rings (SSSR count). The van der Waals surface area contributed by atoms with E-state index < -0.39 is 11.4 Å². The third-order valence-electron chi connectivity index (χ3n) is 3.28. The Hall–Kier alpha value is -1.00. The largest absolute Gasteiger partial charge is 0.481 e. The molecule has 0 saturated heterocycles. The topological polar surface area (TPSA) is 63.3 Å². The molecule has 0 aliphatic rings. The Morgan fingerprint density at radius 2 is 2.22 bits per heavy atom. The van der Waals surface area contributed by atoms with Crippen LogP contribution in [-0.4, -0.2) is 29.6 Å². The second kappa shape index (κ2) is 6.81. The highest BCUT2D eigenvalue weighted by Gasteiger charge is 2.38. The molecule has 0 fully saturated rings. The van der Waals surface area contributed by atoms with E-state index in [0.29, 0.717) is 6.42 Å². The second-order valence-corrected chi connectivity index (χ2v) is 5.54. The van der Waals surface area contributed by atoms with Crippen molar-refractivity contribution in [1.29, 1.82) is 0 Å². The number of carboxylic acid groups (broad SMARTS) is 1. The van der Waals surface area contributed by atoms with Crippen molar-refractivity contribution >= 4 is 17.7 Å². The van der Waals surface area contributed by atoms with E-state index in [4.69, 9.17) is 5.73 Å². The molecule has 1 aromatic carbocycles. The lowest BCUT2D eigenvalue weighted by atomic mass is 9.76. The van der Waals surface area contributed by atoms with Gasteiger partial charge in [0.1, 0.15) is 5.41 Å². The molecule has 1 aromatic rings. The van der Waals surface area contributed by atoms with Crippen LogP contribution < -0.4 is 5.73 Å². The lowest BCUT2D eigenvalue weighted by Gasteiger charge is -2.28. The number of benzene rings is 1. The molecular weight excluding hydrogens is 246 g/mol. The molecule has 100 valence electrons. The third kappa shape index (κ3) is 3.27. The van der Waals surface area contributed by atoms with Gasteiger partial charge in [0.05, 0.1) is 0 Å². The molecule has 0 aromatic heterocycles. The minimum atomic E-state index is -0.943. The Labute approximate surface area is 113 Å². The maximum atomic E-state index is 11.7. The van der Waals surface area contributed by atoms with E-state index in [0.717, 1.165) is 23.3 Å². The zero-order chi connectivity index (χ0) is 13.6. The SMILES string of the molecule is CSCCCC(CN)(C(=O)O)c1cccc(C)c1. The van der Waals surface area contributed by atoms with E-state index >= 15 is 0 Å². The molecule has 0 aliphatic heterocycles. The Morgan fingerprint density at radius 1 is 1.50 bits per heavy atom. The fourth-order valence-corrected chi connectivity index (χ4v) is 2.58. The van der Waals surface area contributed by atoms with Crippen LogP contribution in [0.4, 0.5) is 0 Å². The van der Waals surface area contributed by atoms with E-state index in [1.807, 2.05) is 37.4 Å². The summed E-state index contributed by atoms with van der Waals surface area (Å²) in [6, 6.07) is 7.66. The Kier molecular flexibility index (Phi) is 5.69. The predicted molar refractivity (Wildman–Crippen MR) is 77.2 cm³/mol. The molecule has 0 heterocycles. The minimum absolute atomic E-state index is 0.139. The molecule has 0 saturated carbocycles. The van der Waals surface area contributed by atoms with Crippen LogP contribution >= 0.6 is 11.8 Å². The van der Waals surface area contributed by atoms with E-state index in [1.54, 1.807) is 11.8 Å². The highest BCUT2D eigenvalue weighted by Crippen LogP contribution is 2.30. The van der Waals surface area contributed by atoms with Crippen LogP contribution in [0.25, 0.3) is 0 Å². The normalized spacial score (nSPS) is 14.2. The van der Waals surface area contributed by atoms with Crippen LogP contribution in [0.5, 0.6) is 0 Å². The first-order valence-corrected chi connectivity index (χ1v) is 7.46. The molecule has 4 heteroatoms. The average Bonchev–Trinajstić information content (AvgIpc) is 2.34. The van der Waals surface area contributed by atoms with Crippen molar-refractivity contribution in [2.45, 2.75) is 25.2 Å². The van der Waals surface area contributed by atoms with Crippen molar-refractivity contribution in [2.24, 2.45) is 5.73 Å². The lowest BCUT2D eigenvalue weighted by Crippen LogP contribution is -2.43. The number of aryl methyl sites for hydroxylation is 1. The molecule has 3 N–H and O–H groups in total. The van der Waals surface area contributed by atoms with Gasteiger partial charge in [0.15, 0.2) is 0 Å². The zero-order valence-corrected chi connectivity index (χ0v) is 11.8. The summed E-state index contributed by atoms with van der Waals surface area (Å²) in [7, 11) is 0. The van der Waals surface area contributed by atoms with E-state index in [2.05, 4.69) is 0 Å². The predicted octanol–water partition coefficient (Wildman–Crippen LogP) is 2.42. The van der Waals surface area contributed by atoms with Gasteiger partial charge < -0.3 is 10.8 Å². The van der Waals surface area contributed by atoms with Crippen molar-refractivity contribution in [2.75, 3.05) is 18.6 Å². The number of hydrogen-bond acceptors (Lipinski definition) is 3. The van der Waals surface area contributed by atoms with E-state index in [1.165, 1.54) is 0 Å². The summed E-state index contributed by atoms with van der Waals surface area (Å²) in [6.07, 6.45) is 3.47. The van der Waals surface area contributed by atoms with Crippen molar-refractivity contribution in [3.05, 3.63) is 35.4 Å². The van der Waals surface area contributed by atoms with E-state index in [9.17, 15) is 9.90 Å². The van der Waals surface area contributed by atoms with Gasteiger partial charge in [0, 0.05) is 6.54 Å². The summed E-state index contributed by atoms with van der Waals surface area (Å²) in [5, 5.41) is 9.58. The Balaban J connectivity index is 3.06. The summed E-state index contributed by atoms with van der Waals surface area (Å²) in [4.78, 5) is 11.7. The highest BCUT2D eigenvalue weighted by molar-refractivity contribution is 7.98. The summed E-state index contributed by atoms with van der Waals surface area (Å²) in [5.41, 5.74) is 6.73. The fraction of sp³-hybridized carbons (Fsp3) is 0.500. The van der Waals surface area contributed by atoms with Crippen molar-refractivity contribution in [3.63, 3.8) is 0 Å². The van der Waals surface area contributed by atoms with Gasteiger partial charge >= 0.3 is 5.97 Å². The monoisotopic (exact) mass is 267 g/mol. The molecule has 18 heavy (non-hydrogen) atoms.